The Balaban J connectivity index is 1.99. The standard InChI is InChI=1S/C24H36N2O4/c1-23(2,3)29-21(27)25-18-14-10-11-15-19(18)26(22(28)30-24(4,5)6)20(25)16-17-12-8-7-9-13-17/h7-9,12-13,18-20H,10-11,14-16H2,1-6H3/t18-,19-/m0/s1. The summed E-state index contributed by atoms with van der Waals surface area (Å²) >= 11 is 0. The molecule has 0 spiro atoms. The molecule has 6 heteroatoms. The van der Waals surface area contributed by atoms with E-state index in [1.54, 1.807) is 0 Å². The highest BCUT2D eigenvalue weighted by Crippen LogP contribution is 2.39. The van der Waals surface area contributed by atoms with E-state index >= 15 is 0 Å². The lowest BCUT2D eigenvalue weighted by Gasteiger charge is -2.34. The minimum absolute atomic E-state index is 0.0465. The molecule has 30 heavy (non-hydrogen) atoms. The summed E-state index contributed by atoms with van der Waals surface area (Å²) in [4.78, 5) is 30.2. The van der Waals surface area contributed by atoms with Gasteiger partial charge in [-0.05, 0) is 59.9 Å². The van der Waals surface area contributed by atoms with Crippen LogP contribution >= 0.6 is 0 Å². The summed E-state index contributed by atoms with van der Waals surface area (Å²) in [5.74, 6) is 0. The molecule has 166 valence electrons. The largest absolute Gasteiger partial charge is 0.444 e. The molecule has 0 radical (unpaired) electrons. The molecule has 1 saturated carbocycles. The fourth-order valence-corrected chi connectivity index (χ4v) is 4.48. The number of hydrogen-bond donors (Lipinski definition) is 0. The molecular formula is C24H36N2O4. The molecule has 0 bridgehead atoms. The fourth-order valence-electron chi connectivity index (χ4n) is 4.48. The van der Waals surface area contributed by atoms with E-state index in [4.69, 9.17) is 9.47 Å². The van der Waals surface area contributed by atoms with Gasteiger partial charge in [0, 0.05) is 6.42 Å². The van der Waals surface area contributed by atoms with E-state index in [1.807, 2.05) is 81.7 Å². The van der Waals surface area contributed by atoms with Crippen molar-refractivity contribution in [3.8, 4) is 0 Å². The van der Waals surface area contributed by atoms with Crippen molar-refractivity contribution in [3.05, 3.63) is 35.9 Å². The summed E-state index contributed by atoms with van der Waals surface area (Å²) in [5.41, 5.74) is -0.126. The third-order valence-electron chi connectivity index (χ3n) is 5.52. The number of carbonyl (C=O) groups excluding carboxylic acids is 2. The van der Waals surface area contributed by atoms with Crippen LogP contribution in [0.25, 0.3) is 0 Å². The van der Waals surface area contributed by atoms with Crippen molar-refractivity contribution in [3.63, 3.8) is 0 Å². The number of amides is 2. The first-order valence-corrected chi connectivity index (χ1v) is 11.0. The zero-order valence-electron chi connectivity index (χ0n) is 19.2. The predicted molar refractivity (Wildman–Crippen MR) is 116 cm³/mol. The highest BCUT2D eigenvalue weighted by atomic mass is 16.6. The average molecular weight is 417 g/mol. The second-order valence-corrected chi connectivity index (χ2v) is 10.4. The van der Waals surface area contributed by atoms with Gasteiger partial charge in [-0.3, -0.25) is 9.80 Å². The Morgan fingerprint density at radius 1 is 0.833 bits per heavy atom. The smallest absolute Gasteiger partial charge is 0.412 e. The van der Waals surface area contributed by atoms with Gasteiger partial charge >= 0.3 is 12.2 Å². The minimum Gasteiger partial charge on any atom is -0.444 e. The second kappa shape index (κ2) is 8.48. The van der Waals surface area contributed by atoms with Crippen molar-refractivity contribution in [2.45, 2.75) is 103 Å². The number of rotatable bonds is 2. The second-order valence-electron chi connectivity index (χ2n) is 10.4. The lowest BCUT2D eigenvalue weighted by molar-refractivity contribution is -0.00462. The molecule has 3 rings (SSSR count). The summed E-state index contributed by atoms with van der Waals surface area (Å²) in [6, 6.07) is 9.89. The molecule has 6 nitrogen and oxygen atoms in total. The first-order valence-electron chi connectivity index (χ1n) is 11.0. The van der Waals surface area contributed by atoms with E-state index in [0.717, 1.165) is 31.2 Å². The summed E-state index contributed by atoms with van der Waals surface area (Å²) < 4.78 is 11.6. The number of carbonyl (C=O) groups is 2. The first-order chi connectivity index (χ1) is 14.0. The van der Waals surface area contributed by atoms with E-state index in [-0.39, 0.29) is 24.3 Å². The number of fused-ring (bicyclic) bond motifs is 1. The van der Waals surface area contributed by atoms with E-state index in [1.165, 1.54) is 0 Å². The van der Waals surface area contributed by atoms with Gasteiger partial charge in [-0.1, -0.05) is 43.2 Å². The van der Waals surface area contributed by atoms with Gasteiger partial charge in [0.15, 0.2) is 0 Å². The quantitative estimate of drug-likeness (QED) is 0.652. The van der Waals surface area contributed by atoms with Gasteiger partial charge in [-0.25, -0.2) is 9.59 Å². The maximum absolute atomic E-state index is 13.3. The number of ether oxygens (including phenoxy) is 2. The molecule has 1 aliphatic heterocycles. The van der Waals surface area contributed by atoms with Crippen molar-refractivity contribution >= 4 is 12.2 Å². The Labute approximate surface area is 180 Å². The Hall–Kier alpha value is -2.24. The van der Waals surface area contributed by atoms with Crippen LogP contribution in [0.15, 0.2) is 30.3 Å². The van der Waals surface area contributed by atoms with Crippen LogP contribution in [-0.4, -0.2) is 51.4 Å². The van der Waals surface area contributed by atoms with Crippen LogP contribution in [0.3, 0.4) is 0 Å². The van der Waals surface area contributed by atoms with Gasteiger partial charge in [-0.2, -0.15) is 0 Å². The van der Waals surface area contributed by atoms with Crippen LogP contribution in [-0.2, 0) is 15.9 Å². The number of hydrogen-bond acceptors (Lipinski definition) is 4. The molecule has 1 heterocycles. The maximum Gasteiger partial charge on any atom is 0.412 e. The van der Waals surface area contributed by atoms with E-state index in [2.05, 4.69) is 0 Å². The van der Waals surface area contributed by atoms with Crippen LogP contribution < -0.4 is 0 Å². The molecule has 2 atom stereocenters. The maximum atomic E-state index is 13.3. The molecule has 1 aromatic carbocycles. The fraction of sp³-hybridized carbons (Fsp3) is 0.667. The molecule has 0 unspecified atom stereocenters. The molecule has 0 aromatic heterocycles. The van der Waals surface area contributed by atoms with Gasteiger partial charge < -0.3 is 9.47 Å². The topological polar surface area (TPSA) is 59.1 Å². The summed E-state index contributed by atoms with van der Waals surface area (Å²) in [5, 5.41) is 0. The van der Waals surface area contributed by atoms with Crippen LogP contribution in [0.5, 0.6) is 0 Å². The monoisotopic (exact) mass is 416 g/mol. The highest BCUT2D eigenvalue weighted by Gasteiger charge is 2.53. The SMILES string of the molecule is CC(C)(C)OC(=O)N1C(Cc2ccccc2)N(C(=O)OC(C)(C)C)[C@H]2CCCC[C@@H]21. The van der Waals surface area contributed by atoms with E-state index in [9.17, 15) is 9.59 Å². The van der Waals surface area contributed by atoms with Crippen molar-refractivity contribution in [2.75, 3.05) is 0 Å². The van der Waals surface area contributed by atoms with Crippen LogP contribution in [0, 0.1) is 0 Å². The molecule has 2 amide bonds. The van der Waals surface area contributed by atoms with Crippen molar-refractivity contribution in [1.82, 2.24) is 9.80 Å². The zero-order chi connectivity index (χ0) is 22.1. The molecule has 1 aromatic rings. The normalized spacial score (nSPS) is 22.6. The summed E-state index contributed by atoms with van der Waals surface area (Å²) in [7, 11) is 0. The lowest BCUT2D eigenvalue weighted by Crippen LogP contribution is -2.50. The van der Waals surface area contributed by atoms with Gasteiger partial charge in [-0.15, -0.1) is 0 Å². The Bertz CT molecular complexity index is 707. The molecule has 0 N–H and O–H groups in total. The van der Waals surface area contributed by atoms with Gasteiger partial charge in [0.05, 0.1) is 12.1 Å². The van der Waals surface area contributed by atoms with E-state index in [0.29, 0.717) is 6.42 Å². The zero-order valence-corrected chi connectivity index (χ0v) is 19.2. The van der Waals surface area contributed by atoms with Gasteiger partial charge in [0.1, 0.15) is 17.4 Å². The highest BCUT2D eigenvalue weighted by molar-refractivity contribution is 5.74. The molecule has 1 saturated heterocycles. The van der Waals surface area contributed by atoms with E-state index < -0.39 is 17.4 Å². The van der Waals surface area contributed by atoms with Gasteiger partial charge in [0.25, 0.3) is 0 Å². The first kappa shape index (κ1) is 22.4. The van der Waals surface area contributed by atoms with Crippen LogP contribution in [0.4, 0.5) is 9.59 Å². The van der Waals surface area contributed by atoms with Gasteiger partial charge in [0.2, 0.25) is 0 Å². The third kappa shape index (κ3) is 5.27. The van der Waals surface area contributed by atoms with Crippen molar-refractivity contribution < 1.29 is 19.1 Å². The van der Waals surface area contributed by atoms with Crippen molar-refractivity contribution in [2.24, 2.45) is 0 Å². The molecular weight excluding hydrogens is 380 g/mol. The Kier molecular flexibility index (Phi) is 6.34. The molecule has 2 aliphatic rings. The predicted octanol–water partition coefficient (Wildman–Crippen LogP) is 5.35. The number of benzene rings is 1. The summed E-state index contributed by atoms with van der Waals surface area (Å²) in [6.07, 6.45) is 3.24. The molecule has 1 aliphatic carbocycles. The Morgan fingerprint density at radius 3 is 1.67 bits per heavy atom. The molecule has 2 fully saturated rings. The average Bonchev–Trinajstić information content (AvgIpc) is 2.93. The number of nitrogens with zero attached hydrogens (tertiary/aromatic N) is 2. The Morgan fingerprint density at radius 2 is 1.27 bits per heavy atom. The van der Waals surface area contributed by atoms with Crippen LogP contribution in [0.2, 0.25) is 0 Å². The van der Waals surface area contributed by atoms with Crippen molar-refractivity contribution in [1.29, 1.82) is 0 Å². The lowest BCUT2D eigenvalue weighted by atomic mass is 9.90. The minimum atomic E-state index is -0.599. The van der Waals surface area contributed by atoms with Crippen LogP contribution in [0.1, 0.15) is 72.8 Å². The summed E-state index contributed by atoms with van der Waals surface area (Å²) in [6.45, 7) is 11.2. The third-order valence-corrected chi connectivity index (χ3v) is 5.52.